The summed E-state index contributed by atoms with van der Waals surface area (Å²) < 4.78 is 38.6. The predicted molar refractivity (Wildman–Crippen MR) is 73.8 cm³/mol. The number of amides is 2. The Morgan fingerprint density at radius 2 is 2.00 bits per heavy atom. The lowest BCUT2D eigenvalue weighted by atomic mass is 9.96. The maximum atomic E-state index is 12.9. The average molecular weight is 345 g/mol. The van der Waals surface area contributed by atoms with Gasteiger partial charge < -0.3 is 15.3 Å². The molecule has 2 amide bonds. The lowest BCUT2D eigenvalue weighted by Crippen LogP contribution is -2.40. The molecule has 1 saturated heterocycles. The molecule has 2 atom stereocenters. The zero-order valence-corrected chi connectivity index (χ0v) is 12.3. The van der Waals surface area contributed by atoms with Crippen LogP contribution >= 0.6 is 0 Å². The molecule has 1 aliphatic heterocycles. The summed E-state index contributed by atoms with van der Waals surface area (Å²) in [4.78, 5) is 39.2. The first-order chi connectivity index (χ1) is 11.2. The molecule has 1 aromatic heterocycles. The first kappa shape index (κ1) is 17.7. The Bertz CT molecular complexity index is 636. The van der Waals surface area contributed by atoms with Crippen molar-refractivity contribution in [2.75, 3.05) is 19.6 Å². The second-order valence-electron chi connectivity index (χ2n) is 5.29. The van der Waals surface area contributed by atoms with Gasteiger partial charge in [0, 0.05) is 19.3 Å². The van der Waals surface area contributed by atoms with E-state index in [1.165, 1.54) is 12.3 Å². The molecule has 0 bridgehead atoms. The SMILES string of the molecule is O=C(NCC(=O)N1C[C@@H](C(F)(F)F)[C@H](C(=O)O)C1)c1ccccn1. The van der Waals surface area contributed by atoms with E-state index in [0.29, 0.717) is 0 Å². The Morgan fingerprint density at radius 1 is 1.29 bits per heavy atom. The van der Waals surface area contributed by atoms with Crippen LogP contribution in [0.4, 0.5) is 13.2 Å². The number of carbonyl (C=O) groups excluding carboxylic acids is 2. The molecular formula is C14H14F3N3O4. The van der Waals surface area contributed by atoms with Gasteiger partial charge in [-0.05, 0) is 12.1 Å². The molecule has 2 N–H and O–H groups in total. The van der Waals surface area contributed by atoms with E-state index in [9.17, 15) is 27.6 Å². The largest absolute Gasteiger partial charge is 0.481 e. The number of carbonyl (C=O) groups is 3. The predicted octanol–water partition coefficient (Wildman–Crippen LogP) is 0.533. The monoisotopic (exact) mass is 345 g/mol. The number of nitrogens with one attached hydrogen (secondary N) is 1. The normalized spacial score (nSPS) is 20.7. The number of halogens is 3. The Kier molecular flexibility index (Phi) is 5.05. The standard InChI is InChI=1S/C14H14F3N3O4/c15-14(16,17)9-7-20(6-8(9)13(23)24)11(21)5-19-12(22)10-3-1-2-4-18-10/h1-4,8-9H,5-7H2,(H,19,22)(H,23,24)/t8-,9-/m1/s1. The van der Waals surface area contributed by atoms with E-state index >= 15 is 0 Å². The van der Waals surface area contributed by atoms with Crippen molar-refractivity contribution in [2.45, 2.75) is 6.18 Å². The summed E-state index contributed by atoms with van der Waals surface area (Å²) >= 11 is 0. The quantitative estimate of drug-likeness (QED) is 0.829. The average Bonchev–Trinajstić information content (AvgIpc) is 2.99. The Balaban J connectivity index is 1.96. The zero-order chi connectivity index (χ0) is 17.9. The Hall–Kier alpha value is -2.65. The van der Waals surface area contributed by atoms with Crippen LogP contribution in [0.15, 0.2) is 24.4 Å². The van der Waals surface area contributed by atoms with Gasteiger partial charge in [-0.1, -0.05) is 6.07 Å². The van der Waals surface area contributed by atoms with Gasteiger partial charge in [0.05, 0.1) is 18.4 Å². The lowest BCUT2D eigenvalue weighted by Gasteiger charge is -2.18. The minimum Gasteiger partial charge on any atom is -0.481 e. The number of rotatable bonds is 4. The molecule has 1 fully saturated rings. The summed E-state index contributed by atoms with van der Waals surface area (Å²) in [6, 6.07) is 4.57. The van der Waals surface area contributed by atoms with Crippen LogP contribution in [-0.4, -0.2) is 58.6 Å². The third-order valence-corrected chi connectivity index (χ3v) is 3.71. The molecule has 130 valence electrons. The summed E-state index contributed by atoms with van der Waals surface area (Å²) in [7, 11) is 0. The van der Waals surface area contributed by atoms with E-state index in [0.717, 1.165) is 4.90 Å². The van der Waals surface area contributed by atoms with Crippen molar-refractivity contribution in [3.05, 3.63) is 30.1 Å². The maximum Gasteiger partial charge on any atom is 0.394 e. The fraction of sp³-hybridized carbons (Fsp3) is 0.429. The van der Waals surface area contributed by atoms with Crippen LogP contribution in [0.1, 0.15) is 10.5 Å². The van der Waals surface area contributed by atoms with Crippen molar-refractivity contribution < 1.29 is 32.7 Å². The van der Waals surface area contributed by atoms with Gasteiger partial charge in [0.15, 0.2) is 0 Å². The second-order valence-corrected chi connectivity index (χ2v) is 5.29. The molecule has 2 heterocycles. The first-order valence-corrected chi connectivity index (χ1v) is 6.96. The van der Waals surface area contributed by atoms with Crippen LogP contribution in [0.3, 0.4) is 0 Å². The topological polar surface area (TPSA) is 99.6 Å². The summed E-state index contributed by atoms with van der Waals surface area (Å²) in [5, 5.41) is 11.1. The second kappa shape index (κ2) is 6.85. The van der Waals surface area contributed by atoms with Crippen LogP contribution in [0, 0.1) is 11.8 Å². The Labute approximate surface area is 134 Å². The fourth-order valence-electron chi connectivity index (χ4n) is 2.44. The zero-order valence-electron chi connectivity index (χ0n) is 12.3. The third kappa shape index (κ3) is 4.00. The van der Waals surface area contributed by atoms with Crippen LogP contribution in [0.2, 0.25) is 0 Å². The van der Waals surface area contributed by atoms with E-state index in [2.05, 4.69) is 10.3 Å². The molecule has 10 heteroatoms. The Morgan fingerprint density at radius 3 is 2.50 bits per heavy atom. The van der Waals surface area contributed by atoms with Crippen molar-refractivity contribution in [1.29, 1.82) is 0 Å². The summed E-state index contributed by atoms with van der Waals surface area (Å²) in [6.07, 6.45) is -3.34. The molecule has 0 aliphatic carbocycles. The number of alkyl halides is 3. The molecule has 0 radical (unpaired) electrons. The van der Waals surface area contributed by atoms with E-state index in [4.69, 9.17) is 5.11 Å². The number of carboxylic acids is 1. The summed E-state index contributed by atoms with van der Waals surface area (Å²) in [5.41, 5.74) is 0.0586. The highest BCUT2D eigenvalue weighted by atomic mass is 19.4. The van der Waals surface area contributed by atoms with Crippen molar-refractivity contribution >= 4 is 17.8 Å². The van der Waals surface area contributed by atoms with Crippen LogP contribution < -0.4 is 5.32 Å². The fourth-order valence-corrected chi connectivity index (χ4v) is 2.44. The number of aliphatic carboxylic acids is 1. The molecule has 0 unspecified atom stereocenters. The summed E-state index contributed by atoms with van der Waals surface area (Å²) in [5.74, 6) is -6.86. The molecule has 0 saturated carbocycles. The number of aromatic nitrogens is 1. The molecule has 0 aromatic carbocycles. The lowest BCUT2D eigenvalue weighted by molar-refractivity contribution is -0.188. The summed E-state index contributed by atoms with van der Waals surface area (Å²) in [6.45, 7) is -1.82. The highest BCUT2D eigenvalue weighted by Gasteiger charge is 2.53. The van der Waals surface area contributed by atoms with Crippen molar-refractivity contribution in [2.24, 2.45) is 11.8 Å². The number of hydrogen-bond donors (Lipinski definition) is 2. The first-order valence-electron chi connectivity index (χ1n) is 6.96. The van der Waals surface area contributed by atoms with Gasteiger partial charge in [0.25, 0.3) is 5.91 Å². The molecule has 1 aromatic rings. The molecule has 1 aliphatic rings. The van der Waals surface area contributed by atoms with E-state index in [1.54, 1.807) is 12.1 Å². The third-order valence-electron chi connectivity index (χ3n) is 3.71. The smallest absolute Gasteiger partial charge is 0.394 e. The van der Waals surface area contributed by atoms with Gasteiger partial charge in [-0.2, -0.15) is 13.2 Å². The molecule has 0 spiro atoms. The van der Waals surface area contributed by atoms with E-state index < -0.39 is 55.4 Å². The minimum absolute atomic E-state index is 0.0586. The van der Waals surface area contributed by atoms with Crippen molar-refractivity contribution in [1.82, 2.24) is 15.2 Å². The van der Waals surface area contributed by atoms with Crippen molar-refractivity contribution in [3.63, 3.8) is 0 Å². The maximum absolute atomic E-state index is 12.9. The molecule has 2 rings (SSSR count). The highest BCUT2D eigenvalue weighted by Crippen LogP contribution is 2.37. The van der Waals surface area contributed by atoms with Gasteiger partial charge in [-0.3, -0.25) is 19.4 Å². The van der Waals surface area contributed by atoms with Gasteiger partial charge in [0.2, 0.25) is 5.91 Å². The molecule has 7 nitrogen and oxygen atoms in total. The van der Waals surface area contributed by atoms with Crippen molar-refractivity contribution in [3.8, 4) is 0 Å². The number of carboxylic acid groups (broad SMARTS) is 1. The van der Waals surface area contributed by atoms with Gasteiger partial charge >= 0.3 is 12.1 Å². The number of pyridine rings is 1. The minimum atomic E-state index is -4.71. The van der Waals surface area contributed by atoms with Crippen LogP contribution in [-0.2, 0) is 9.59 Å². The highest BCUT2D eigenvalue weighted by molar-refractivity contribution is 5.94. The van der Waals surface area contributed by atoms with Gasteiger partial charge in [-0.25, -0.2) is 0 Å². The number of hydrogen-bond acceptors (Lipinski definition) is 4. The van der Waals surface area contributed by atoms with Gasteiger partial charge in [0.1, 0.15) is 5.69 Å². The van der Waals surface area contributed by atoms with E-state index in [-0.39, 0.29) is 5.69 Å². The van der Waals surface area contributed by atoms with Crippen LogP contribution in [0.5, 0.6) is 0 Å². The number of likely N-dealkylation sites (tertiary alicyclic amines) is 1. The van der Waals surface area contributed by atoms with Gasteiger partial charge in [-0.15, -0.1) is 0 Å². The molecular weight excluding hydrogens is 331 g/mol. The van der Waals surface area contributed by atoms with Crippen LogP contribution in [0.25, 0.3) is 0 Å². The molecule has 24 heavy (non-hydrogen) atoms. The number of nitrogens with zero attached hydrogens (tertiary/aromatic N) is 2. The van der Waals surface area contributed by atoms with E-state index in [1.807, 2.05) is 0 Å².